The normalized spacial score (nSPS) is 11.1. The molecule has 0 radical (unpaired) electrons. The Bertz CT molecular complexity index is 1310. The van der Waals surface area contributed by atoms with Crippen LogP contribution in [0, 0.1) is 6.92 Å². The van der Waals surface area contributed by atoms with Crippen molar-refractivity contribution in [2.45, 2.75) is 18.2 Å². The SMILES string of the molecule is COCCCNC(=O)c1ccccc1NC(=O)CN(c1cccc(C)c1)S(=O)(=O)c1ccc(Cl)cc1. The first-order chi connectivity index (χ1) is 17.2. The molecule has 8 nitrogen and oxygen atoms in total. The molecule has 0 unspecified atom stereocenters. The zero-order valence-electron chi connectivity index (χ0n) is 20.0. The third-order valence-corrected chi connectivity index (χ3v) is 7.28. The van der Waals surface area contributed by atoms with Gasteiger partial charge in [0.05, 0.1) is 21.8 Å². The monoisotopic (exact) mass is 529 g/mol. The van der Waals surface area contributed by atoms with Crippen molar-refractivity contribution in [2.24, 2.45) is 0 Å². The standard InChI is InChI=1S/C26H28ClN3O5S/c1-19-7-5-8-21(17-19)30(36(33,34)22-13-11-20(27)12-14-22)18-25(31)29-24-10-4-3-9-23(24)26(32)28-15-6-16-35-2/h3-5,7-14,17H,6,15-16,18H2,1-2H3,(H,28,32)(H,29,31). The van der Waals surface area contributed by atoms with Crippen LogP contribution >= 0.6 is 11.6 Å². The number of benzene rings is 3. The molecule has 0 aliphatic rings. The fraction of sp³-hybridized carbons (Fsp3) is 0.231. The summed E-state index contributed by atoms with van der Waals surface area (Å²) in [4.78, 5) is 25.7. The lowest BCUT2D eigenvalue weighted by atomic mass is 10.1. The molecule has 0 spiro atoms. The molecule has 0 atom stereocenters. The first-order valence-electron chi connectivity index (χ1n) is 11.2. The van der Waals surface area contributed by atoms with E-state index in [4.69, 9.17) is 16.3 Å². The fourth-order valence-corrected chi connectivity index (χ4v) is 4.99. The summed E-state index contributed by atoms with van der Waals surface area (Å²) in [5.41, 5.74) is 1.72. The van der Waals surface area contributed by atoms with Crippen molar-refractivity contribution in [3.05, 3.63) is 88.9 Å². The van der Waals surface area contributed by atoms with Gasteiger partial charge in [0.25, 0.3) is 15.9 Å². The fourth-order valence-electron chi connectivity index (χ4n) is 3.46. The second-order valence-electron chi connectivity index (χ2n) is 8.00. The highest BCUT2D eigenvalue weighted by molar-refractivity contribution is 7.92. The van der Waals surface area contributed by atoms with Gasteiger partial charge >= 0.3 is 0 Å². The maximum Gasteiger partial charge on any atom is 0.264 e. The summed E-state index contributed by atoms with van der Waals surface area (Å²) < 4.78 is 33.1. The third-order valence-electron chi connectivity index (χ3n) is 5.24. The van der Waals surface area contributed by atoms with Gasteiger partial charge in [0.15, 0.2) is 0 Å². The van der Waals surface area contributed by atoms with Crippen LogP contribution in [-0.4, -0.2) is 47.0 Å². The van der Waals surface area contributed by atoms with E-state index in [2.05, 4.69) is 10.6 Å². The number of rotatable bonds is 11. The number of carbonyl (C=O) groups is 2. The Hall–Kier alpha value is -3.40. The third kappa shape index (κ3) is 7.07. The van der Waals surface area contributed by atoms with Crippen molar-refractivity contribution in [3.63, 3.8) is 0 Å². The van der Waals surface area contributed by atoms with Gasteiger partial charge in [-0.25, -0.2) is 8.42 Å². The second kappa shape index (κ2) is 12.5. The zero-order chi connectivity index (χ0) is 26.1. The smallest absolute Gasteiger partial charge is 0.264 e. The van der Waals surface area contributed by atoms with Crippen LogP contribution in [0.2, 0.25) is 5.02 Å². The Morgan fingerprint density at radius 1 is 1.00 bits per heavy atom. The van der Waals surface area contributed by atoms with Crippen LogP contribution in [0.3, 0.4) is 0 Å². The van der Waals surface area contributed by atoms with Crippen LogP contribution in [0.4, 0.5) is 11.4 Å². The summed E-state index contributed by atoms with van der Waals surface area (Å²) in [7, 11) is -2.51. The van der Waals surface area contributed by atoms with Crippen LogP contribution < -0.4 is 14.9 Å². The van der Waals surface area contributed by atoms with E-state index in [9.17, 15) is 18.0 Å². The molecule has 3 aromatic carbocycles. The summed E-state index contributed by atoms with van der Waals surface area (Å²) >= 11 is 5.93. The van der Waals surface area contributed by atoms with Gasteiger partial charge in [-0.1, -0.05) is 35.9 Å². The van der Waals surface area contributed by atoms with E-state index in [1.54, 1.807) is 49.6 Å². The molecule has 3 aromatic rings. The number of hydrogen-bond acceptors (Lipinski definition) is 5. The van der Waals surface area contributed by atoms with Crippen molar-refractivity contribution in [2.75, 3.05) is 36.4 Å². The van der Waals surface area contributed by atoms with Crippen molar-refractivity contribution in [1.29, 1.82) is 0 Å². The average Bonchev–Trinajstić information content (AvgIpc) is 2.85. The van der Waals surface area contributed by atoms with Gasteiger partial charge < -0.3 is 15.4 Å². The minimum Gasteiger partial charge on any atom is -0.385 e. The highest BCUT2D eigenvalue weighted by Gasteiger charge is 2.28. The van der Waals surface area contributed by atoms with E-state index in [1.807, 2.05) is 13.0 Å². The highest BCUT2D eigenvalue weighted by atomic mass is 35.5. The number of anilines is 2. The molecule has 0 heterocycles. The predicted molar refractivity (Wildman–Crippen MR) is 141 cm³/mol. The van der Waals surface area contributed by atoms with Crippen LogP contribution in [0.1, 0.15) is 22.3 Å². The van der Waals surface area contributed by atoms with Gasteiger partial charge in [-0.2, -0.15) is 0 Å². The van der Waals surface area contributed by atoms with E-state index >= 15 is 0 Å². The summed E-state index contributed by atoms with van der Waals surface area (Å²) in [5.74, 6) is -0.958. The number of carbonyl (C=O) groups excluding carboxylic acids is 2. The number of amides is 2. The molecule has 0 fully saturated rings. The van der Waals surface area contributed by atoms with E-state index < -0.39 is 22.5 Å². The quantitative estimate of drug-likeness (QED) is 0.361. The molecule has 0 saturated heterocycles. The lowest BCUT2D eigenvalue weighted by Crippen LogP contribution is -2.38. The van der Waals surface area contributed by atoms with Crippen molar-refractivity contribution in [1.82, 2.24) is 5.32 Å². The number of methoxy groups -OCH3 is 1. The maximum atomic E-state index is 13.5. The summed E-state index contributed by atoms with van der Waals surface area (Å²) in [6, 6.07) is 19.1. The minimum absolute atomic E-state index is 0.00274. The molecule has 190 valence electrons. The van der Waals surface area contributed by atoms with Gasteiger partial charge in [-0.3, -0.25) is 13.9 Å². The van der Waals surface area contributed by atoms with Gasteiger partial charge in [0, 0.05) is 25.3 Å². The Morgan fingerprint density at radius 2 is 1.72 bits per heavy atom. The first-order valence-corrected chi connectivity index (χ1v) is 13.0. The molecular formula is C26H28ClN3O5S. The topological polar surface area (TPSA) is 105 Å². The summed E-state index contributed by atoms with van der Waals surface area (Å²) in [6.45, 7) is 2.25. The highest BCUT2D eigenvalue weighted by Crippen LogP contribution is 2.26. The molecule has 0 aliphatic carbocycles. The molecule has 0 aromatic heterocycles. The van der Waals surface area contributed by atoms with Crippen LogP contribution in [0.5, 0.6) is 0 Å². The molecule has 0 bridgehead atoms. The van der Waals surface area contributed by atoms with Crippen molar-refractivity contribution in [3.8, 4) is 0 Å². The second-order valence-corrected chi connectivity index (χ2v) is 10.3. The number of sulfonamides is 1. The van der Waals surface area contributed by atoms with E-state index in [1.165, 1.54) is 24.3 Å². The lowest BCUT2D eigenvalue weighted by Gasteiger charge is -2.24. The molecule has 2 amide bonds. The van der Waals surface area contributed by atoms with E-state index in [0.29, 0.717) is 30.3 Å². The lowest BCUT2D eigenvalue weighted by molar-refractivity contribution is -0.114. The van der Waals surface area contributed by atoms with Gasteiger partial charge in [-0.15, -0.1) is 0 Å². The number of nitrogens with zero attached hydrogens (tertiary/aromatic N) is 1. The average molecular weight is 530 g/mol. The largest absolute Gasteiger partial charge is 0.385 e. The molecule has 2 N–H and O–H groups in total. The maximum absolute atomic E-state index is 13.5. The Balaban J connectivity index is 1.85. The minimum atomic E-state index is -4.10. The predicted octanol–water partition coefficient (Wildman–Crippen LogP) is 4.25. The Labute approximate surface area is 216 Å². The molecule has 0 aliphatic heterocycles. The van der Waals surface area contributed by atoms with Gasteiger partial charge in [0.1, 0.15) is 6.54 Å². The Kier molecular flexibility index (Phi) is 9.46. The number of aryl methyl sites for hydroxylation is 1. The molecule has 3 rings (SSSR count). The number of hydrogen-bond donors (Lipinski definition) is 2. The summed E-state index contributed by atoms with van der Waals surface area (Å²) in [6.07, 6.45) is 0.644. The Morgan fingerprint density at radius 3 is 2.42 bits per heavy atom. The first kappa shape index (κ1) is 27.2. The zero-order valence-corrected chi connectivity index (χ0v) is 21.6. The number of halogens is 1. The van der Waals surface area contributed by atoms with Crippen molar-refractivity contribution < 1.29 is 22.7 Å². The van der Waals surface area contributed by atoms with E-state index in [0.717, 1.165) is 9.87 Å². The molecular weight excluding hydrogens is 502 g/mol. The molecule has 36 heavy (non-hydrogen) atoms. The number of nitrogens with one attached hydrogen (secondary N) is 2. The van der Waals surface area contributed by atoms with Crippen molar-refractivity contribution >= 4 is 44.8 Å². The van der Waals surface area contributed by atoms with Crippen LogP contribution in [0.15, 0.2) is 77.7 Å². The summed E-state index contributed by atoms with van der Waals surface area (Å²) in [5, 5.41) is 5.87. The number of para-hydroxylation sites is 1. The molecule has 10 heteroatoms. The van der Waals surface area contributed by atoms with E-state index in [-0.39, 0.29) is 22.1 Å². The van der Waals surface area contributed by atoms with Crippen LogP contribution in [0.25, 0.3) is 0 Å². The van der Waals surface area contributed by atoms with Gasteiger partial charge in [-0.05, 0) is 67.4 Å². The molecule has 0 saturated carbocycles. The van der Waals surface area contributed by atoms with Crippen LogP contribution in [-0.2, 0) is 19.6 Å². The number of ether oxygens (including phenoxy) is 1. The van der Waals surface area contributed by atoms with Gasteiger partial charge in [0.2, 0.25) is 5.91 Å².